The fourth-order valence-electron chi connectivity index (χ4n) is 1.83. The number of rotatable bonds is 4. The van der Waals surface area contributed by atoms with E-state index >= 15 is 0 Å². The number of aliphatic imine (C=N–C) groups is 1. The molecular formula is C14H16Cl2N4O. The zero-order chi connectivity index (χ0) is 15.2. The minimum Gasteiger partial charge on any atom is -0.364 e. The van der Waals surface area contributed by atoms with Crippen molar-refractivity contribution < 1.29 is 4.52 Å². The average molecular weight is 327 g/mol. The Labute approximate surface area is 133 Å². The van der Waals surface area contributed by atoms with E-state index in [9.17, 15) is 0 Å². The molecule has 0 saturated carbocycles. The van der Waals surface area contributed by atoms with E-state index < -0.39 is 0 Å². The maximum absolute atomic E-state index is 6.20. The number of nitrogens with one attached hydrogen (secondary N) is 2. The van der Waals surface area contributed by atoms with Gasteiger partial charge in [-0.3, -0.25) is 4.99 Å². The van der Waals surface area contributed by atoms with E-state index in [2.05, 4.69) is 20.8 Å². The summed E-state index contributed by atoms with van der Waals surface area (Å²) in [4.78, 5) is 4.17. The summed E-state index contributed by atoms with van der Waals surface area (Å²) >= 11 is 12.1. The Morgan fingerprint density at radius 1 is 1.38 bits per heavy atom. The molecule has 1 aromatic heterocycles. The quantitative estimate of drug-likeness (QED) is 0.667. The largest absolute Gasteiger partial charge is 0.364 e. The molecule has 2 rings (SSSR count). The molecule has 2 aromatic rings. The Morgan fingerprint density at radius 2 is 2.19 bits per heavy atom. The number of guanidine groups is 1. The Hall–Kier alpha value is -1.72. The first-order valence-corrected chi connectivity index (χ1v) is 7.17. The van der Waals surface area contributed by atoms with Gasteiger partial charge in [0.1, 0.15) is 12.0 Å². The Bertz CT molecular complexity index is 613. The highest BCUT2D eigenvalue weighted by atomic mass is 35.5. The monoisotopic (exact) mass is 326 g/mol. The summed E-state index contributed by atoms with van der Waals surface area (Å²) in [6.45, 7) is 2.52. The van der Waals surface area contributed by atoms with Crippen LogP contribution in [0.3, 0.4) is 0 Å². The van der Waals surface area contributed by atoms with Crippen molar-refractivity contribution in [3.8, 4) is 0 Å². The van der Waals surface area contributed by atoms with E-state index in [0.717, 1.165) is 11.3 Å². The van der Waals surface area contributed by atoms with Crippen molar-refractivity contribution in [2.75, 3.05) is 7.05 Å². The van der Waals surface area contributed by atoms with Crippen LogP contribution in [0.4, 0.5) is 0 Å². The molecule has 21 heavy (non-hydrogen) atoms. The molecule has 0 bridgehead atoms. The topological polar surface area (TPSA) is 62.5 Å². The molecule has 2 N–H and O–H groups in total. The van der Waals surface area contributed by atoms with Crippen LogP contribution in [-0.4, -0.2) is 18.2 Å². The first kappa shape index (κ1) is 15.7. The molecule has 0 spiro atoms. The molecule has 112 valence electrons. The van der Waals surface area contributed by atoms with Crippen molar-refractivity contribution in [2.45, 2.75) is 19.5 Å². The second-order valence-corrected chi connectivity index (χ2v) is 5.29. The lowest BCUT2D eigenvalue weighted by molar-refractivity contribution is 0.410. The number of aromatic nitrogens is 1. The molecule has 1 atom stereocenters. The van der Waals surface area contributed by atoms with E-state index in [1.807, 2.05) is 19.1 Å². The third-order valence-corrected chi connectivity index (χ3v) is 3.50. The van der Waals surface area contributed by atoms with Crippen LogP contribution in [0.1, 0.15) is 24.2 Å². The van der Waals surface area contributed by atoms with E-state index in [1.165, 1.54) is 6.26 Å². The fraction of sp³-hybridized carbons (Fsp3) is 0.286. The minimum atomic E-state index is -0.0155. The third kappa shape index (κ3) is 4.37. The lowest BCUT2D eigenvalue weighted by atomic mass is 10.1. The molecule has 7 heteroatoms. The lowest BCUT2D eigenvalue weighted by Gasteiger charge is -2.19. The summed E-state index contributed by atoms with van der Waals surface area (Å²) in [6.07, 6.45) is 1.53. The Kier molecular flexibility index (Phi) is 5.47. The Balaban J connectivity index is 1.97. The van der Waals surface area contributed by atoms with Gasteiger partial charge >= 0.3 is 0 Å². The first-order valence-electron chi connectivity index (χ1n) is 6.41. The highest BCUT2D eigenvalue weighted by Gasteiger charge is 2.12. The number of halogens is 2. The first-order chi connectivity index (χ1) is 10.1. The summed E-state index contributed by atoms with van der Waals surface area (Å²) in [5.41, 5.74) is 1.75. The smallest absolute Gasteiger partial charge is 0.191 e. The number of benzene rings is 1. The molecule has 5 nitrogen and oxygen atoms in total. The van der Waals surface area contributed by atoms with E-state index in [1.54, 1.807) is 19.2 Å². The highest BCUT2D eigenvalue weighted by molar-refractivity contribution is 6.35. The summed E-state index contributed by atoms with van der Waals surface area (Å²) in [5.74, 6) is 0.650. The normalized spacial score (nSPS) is 13.0. The van der Waals surface area contributed by atoms with Crippen LogP contribution in [0, 0.1) is 0 Å². The van der Waals surface area contributed by atoms with Crippen LogP contribution >= 0.6 is 23.2 Å². The zero-order valence-electron chi connectivity index (χ0n) is 11.7. The van der Waals surface area contributed by atoms with Crippen LogP contribution in [-0.2, 0) is 6.54 Å². The fourth-order valence-corrected chi connectivity index (χ4v) is 2.41. The van der Waals surface area contributed by atoms with Gasteiger partial charge in [-0.25, -0.2) is 0 Å². The zero-order valence-corrected chi connectivity index (χ0v) is 13.2. The van der Waals surface area contributed by atoms with Gasteiger partial charge in [0.2, 0.25) is 0 Å². The SMILES string of the molecule is CN=C(NCc1ccon1)NC(C)c1ccc(Cl)cc1Cl. The van der Waals surface area contributed by atoms with Gasteiger partial charge in [-0.2, -0.15) is 0 Å². The van der Waals surface area contributed by atoms with Crippen molar-refractivity contribution in [3.05, 3.63) is 51.8 Å². The minimum absolute atomic E-state index is 0.0155. The molecule has 0 fully saturated rings. The molecule has 0 saturated heterocycles. The molecule has 0 aliphatic rings. The molecule has 0 aliphatic heterocycles. The van der Waals surface area contributed by atoms with E-state index in [4.69, 9.17) is 27.7 Å². The van der Waals surface area contributed by atoms with Gasteiger partial charge in [-0.05, 0) is 24.6 Å². The van der Waals surface area contributed by atoms with Crippen molar-refractivity contribution in [3.63, 3.8) is 0 Å². The number of hydrogen-bond acceptors (Lipinski definition) is 3. The summed E-state index contributed by atoms with van der Waals surface area (Å²) < 4.78 is 4.78. The van der Waals surface area contributed by atoms with Gasteiger partial charge in [0.15, 0.2) is 5.96 Å². The number of hydrogen-bond donors (Lipinski definition) is 2. The van der Waals surface area contributed by atoms with Gasteiger partial charge < -0.3 is 15.2 Å². The second kappa shape index (κ2) is 7.33. The Morgan fingerprint density at radius 3 is 2.81 bits per heavy atom. The molecule has 0 aliphatic carbocycles. The molecule has 0 radical (unpaired) electrons. The van der Waals surface area contributed by atoms with Gasteiger partial charge in [-0.15, -0.1) is 0 Å². The number of nitrogens with zero attached hydrogens (tertiary/aromatic N) is 2. The van der Waals surface area contributed by atoms with Crippen LogP contribution < -0.4 is 10.6 Å². The van der Waals surface area contributed by atoms with Crippen molar-refractivity contribution in [2.24, 2.45) is 4.99 Å². The van der Waals surface area contributed by atoms with Crippen LogP contribution in [0.5, 0.6) is 0 Å². The van der Waals surface area contributed by atoms with Gasteiger partial charge in [-0.1, -0.05) is 34.4 Å². The van der Waals surface area contributed by atoms with Crippen LogP contribution in [0.15, 0.2) is 40.0 Å². The molecule has 1 unspecified atom stereocenters. The van der Waals surface area contributed by atoms with Gasteiger partial charge in [0.05, 0.1) is 12.6 Å². The standard InChI is InChI=1S/C14H16Cl2N4O/c1-9(12-4-3-10(15)7-13(12)16)19-14(17-2)18-8-11-5-6-21-20-11/h3-7,9H,8H2,1-2H3,(H2,17,18,19). The highest BCUT2D eigenvalue weighted by Crippen LogP contribution is 2.25. The summed E-state index contributed by atoms with van der Waals surface area (Å²) in [5, 5.41) is 11.5. The molecular weight excluding hydrogens is 311 g/mol. The maximum atomic E-state index is 6.20. The predicted octanol–water partition coefficient (Wildman–Crippen LogP) is 3.41. The second-order valence-electron chi connectivity index (χ2n) is 4.45. The molecule has 0 amide bonds. The van der Waals surface area contributed by atoms with Crippen molar-refractivity contribution in [1.29, 1.82) is 0 Å². The maximum Gasteiger partial charge on any atom is 0.191 e. The predicted molar refractivity (Wildman–Crippen MR) is 84.7 cm³/mol. The molecule has 1 heterocycles. The average Bonchev–Trinajstić information content (AvgIpc) is 2.96. The van der Waals surface area contributed by atoms with Crippen LogP contribution in [0.2, 0.25) is 10.0 Å². The third-order valence-electron chi connectivity index (χ3n) is 2.93. The van der Waals surface area contributed by atoms with Crippen molar-refractivity contribution >= 4 is 29.2 Å². The molecule has 1 aromatic carbocycles. The van der Waals surface area contributed by atoms with Crippen molar-refractivity contribution in [1.82, 2.24) is 15.8 Å². The summed E-state index contributed by atoms with van der Waals surface area (Å²) in [7, 11) is 1.70. The van der Waals surface area contributed by atoms with Gasteiger partial charge in [0, 0.05) is 23.2 Å². The van der Waals surface area contributed by atoms with E-state index in [-0.39, 0.29) is 6.04 Å². The van der Waals surface area contributed by atoms with Crippen LogP contribution in [0.25, 0.3) is 0 Å². The summed E-state index contributed by atoms with van der Waals surface area (Å²) in [6, 6.07) is 7.21. The van der Waals surface area contributed by atoms with E-state index in [0.29, 0.717) is 22.5 Å². The lowest BCUT2D eigenvalue weighted by Crippen LogP contribution is -2.38. The van der Waals surface area contributed by atoms with Gasteiger partial charge in [0.25, 0.3) is 0 Å².